The number of aromatic nitrogens is 3. The molecular weight excluding hydrogens is 454 g/mol. The monoisotopic (exact) mass is 481 g/mol. The van der Waals surface area contributed by atoms with Gasteiger partial charge in [0.15, 0.2) is 0 Å². The number of halogens is 1. The van der Waals surface area contributed by atoms with Crippen LogP contribution in [0.4, 0.5) is 5.82 Å². The molecule has 1 unspecified atom stereocenters. The van der Waals surface area contributed by atoms with Crippen LogP contribution in [-0.2, 0) is 11.3 Å². The molecule has 5 heterocycles. The molecule has 1 atom stereocenters. The average molecular weight is 482 g/mol. The minimum Gasteiger partial charge on any atom is -0.487 e. The zero-order valence-corrected chi connectivity index (χ0v) is 19.7. The molecule has 0 amide bonds. The standard InChI is InChI=1S/C25H28ClN5O3/c26-18-1-2-21(27-14-18)17-34-23-6-10-31(25(32)13-23)22-3-4-24(28-15-22)30-9-5-20(16-30)29-19-7-11-33-12-8-19/h1-4,6,10,13-15,19-20,29H,5,7-9,11-12,16-17H2. The molecule has 2 aliphatic rings. The molecule has 0 bridgehead atoms. The summed E-state index contributed by atoms with van der Waals surface area (Å²) in [7, 11) is 0. The van der Waals surface area contributed by atoms with Crippen molar-refractivity contribution < 1.29 is 9.47 Å². The lowest BCUT2D eigenvalue weighted by atomic mass is 10.1. The SMILES string of the molecule is O=c1cc(OCc2ccc(Cl)cn2)ccn1-c1ccc(N2CCC(NC3CCOCC3)C2)nc1. The number of nitrogens with zero attached hydrogens (tertiary/aromatic N) is 4. The summed E-state index contributed by atoms with van der Waals surface area (Å²) in [5.41, 5.74) is 1.27. The predicted molar refractivity (Wildman–Crippen MR) is 131 cm³/mol. The van der Waals surface area contributed by atoms with Crippen LogP contribution in [0.1, 0.15) is 25.0 Å². The van der Waals surface area contributed by atoms with E-state index in [0.29, 0.717) is 22.9 Å². The number of nitrogens with one attached hydrogen (secondary N) is 1. The van der Waals surface area contributed by atoms with Gasteiger partial charge in [-0.3, -0.25) is 14.3 Å². The van der Waals surface area contributed by atoms with E-state index in [-0.39, 0.29) is 12.2 Å². The van der Waals surface area contributed by atoms with Gasteiger partial charge in [-0.15, -0.1) is 0 Å². The Hall–Kier alpha value is -2.94. The molecule has 0 spiro atoms. The van der Waals surface area contributed by atoms with Gasteiger partial charge in [0.05, 0.1) is 22.6 Å². The second-order valence-corrected chi connectivity index (χ2v) is 9.12. The number of ether oxygens (including phenoxy) is 2. The van der Waals surface area contributed by atoms with Gasteiger partial charge in [-0.2, -0.15) is 0 Å². The molecule has 2 fully saturated rings. The van der Waals surface area contributed by atoms with Crippen molar-refractivity contribution in [3.05, 3.63) is 76.1 Å². The lowest BCUT2D eigenvalue weighted by Gasteiger charge is -2.26. The molecule has 0 saturated carbocycles. The van der Waals surface area contributed by atoms with Gasteiger partial charge in [0.1, 0.15) is 18.2 Å². The molecule has 178 valence electrons. The van der Waals surface area contributed by atoms with E-state index < -0.39 is 0 Å². The number of anilines is 1. The van der Waals surface area contributed by atoms with Crippen LogP contribution in [0.15, 0.2) is 59.8 Å². The Morgan fingerprint density at radius 1 is 1.06 bits per heavy atom. The van der Waals surface area contributed by atoms with Crippen LogP contribution >= 0.6 is 11.6 Å². The van der Waals surface area contributed by atoms with Crippen molar-refractivity contribution >= 4 is 17.4 Å². The summed E-state index contributed by atoms with van der Waals surface area (Å²) in [6.45, 7) is 3.88. The molecule has 2 aliphatic heterocycles. The maximum atomic E-state index is 12.7. The third kappa shape index (κ3) is 5.58. The third-order valence-corrected chi connectivity index (χ3v) is 6.51. The highest BCUT2D eigenvalue weighted by atomic mass is 35.5. The summed E-state index contributed by atoms with van der Waals surface area (Å²) in [4.78, 5) is 23.8. The number of rotatable bonds is 7. The van der Waals surface area contributed by atoms with Crippen molar-refractivity contribution in [3.63, 3.8) is 0 Å². The van der Waals surface area contributed by atoms with E-state index in [1.807, 2.05) is 12.1 Å². The fraction of sp³-hybridized carbons (Fsp3) is 0.400. The maximum absolute atomic E-state index is 12.7. The van der Waals surface area contributed by atoms with Crippen molar-refractivity contribution in [3.8, 4) is 11.4 Å². The summed E-state index contributed by atoms with van der Waals surface area (Å²) in [5.74, 6) is 1.42. The topological polar surface area (TPSA) is 81.5 Å². The van der Waals surface area contributed by atoms with Crippen LogP contribution in [0, 0.1) is 0 Å². The summed E-state index contributed by atoms with van der Waals surface area (Å²) < 4.78 is 12.7. The average Bonchev–Trinajstić information content (AvgIpc) is 3.33. The quantitative estimate of drug-likeness (QED) is 0.555. The molecule has 8 nitrogen and oxygen atoms in total. The van der Waals surface area contributed by atoms with Crippen LogP contribution in [0.2, 0.25) is 5.02 Å². The molecule has 3 aromatic heterocycles. The van der Waals surface area contributed by atoms with Crippen LogP contribution < -0.4 is 20.5 Å². The van der Waals surface area contributed by atoms with E-state index in [4.69, 9.17) is 21.1 Å². The van der Waals surface area contributed by atoms with Crippen LogP contribution in [0.25, 0.3) is 5.69 Å². The van der Waals surface area contributed by atoms with E-state index in [9.17, 15) is 4.79 Å². The number of hydrogen-bond donors (Lipinski definition) is 1. The zero-order chi connectivity index (χ0) is 23.3. The minimum atomic E-state index is -0.182. The smallest absolute Gasteiger partial charge is 0.258 e. The molecule has 1 N–H and O–H groups in total. The molecule has 5 rings (SSSR count). The Kier molecular flexibility index (Phi) is 7.08. The van der Waals surface area contributed by atoms with Gasteiger partial charge >= 0.3 is 0 Å². The summed E-state index contributed by atoms with van der Waals surface area (Å²) in [5, 5.41) is 4.35. The third-order valence-electron chi connectivity index (χ3n) is 6.28. The molecular formula is C25H28ClN5O3. The van der Waals surface area contributed by atoms with Gasteiger partial charge in [-0.25, -0.2) is 4.98 Å². The van der Waals surface area contributed by atoms with E-state index >= 15 is 0 Å². The first-order chi connectivity index (χ1) is 16.6. The fourth-order valence-corrected chi connectivity index (χ4v) is 4.53. The first kappa shape index (κ1) is 22.8. The first-order valence-corrected chi connectivity index (χ1v) is 12.0. The molecule has 0 aliphatic carbocycles. The molecule has 0 aromatic carbocycles. The Bertz CT molecular complexity index is 1150. The molecule has 34 heavy (non-hydrogen) atoms. The van der Waals surface area contributed by atoms with E-state index in [2.05, 4.69) is 20.2 Å². The first-order valence-electron chi connectivity index (χ1n) is 11.7. The second-order valence-electron chi connectivity index (χ2n) is 8.69. The predicted octanol–water partition coefficient (Wildman–Crippen LogP) is 3.21. The highest BCUT2D eigenvalue weighted by molar-refractivity contribution is 6.30. The normalized spacial score (nSPS) is 18.9. The van der Waals surface area contributed by atoms with Crippen molar-refractivity contribution in [2.45, 2.75) is 38.0 Å². The summed E-state index contributed by atoms with van der Waals surface area (Å²) in [6.07, 6.45) is 8.29. The van der Waals surface area contributed by atoms with Gasteiger partial charge in [0.25, 0.3) is 5.56 Å². The maximum Gasteiger partial charge on any atom is 0.258 e. The van der Waals surface area contributed by atoms with Crippen LogP contribution in [0.3, 0.4) is 0 Å². The van der Waals surface area contributed by atoms with Gasteiger partial charge in [-0.1, -0.05) is 11.6 Å². The Morgan fingerprint density at radius 2 is 1.94 bits per heavy atom. The van der Waals surface area contributed by atoms with Gasteiger partial charge < -0.3 is 19.7 Å². The molecule has 0 radical (unpaired) electrons. The van der Waals surface area contributed by atoms with Gasteiger partial charge in [-0.05, 0) is 49.6 Å². The lowest BCUT2D eigenvalue weighted by Crippen LogP contribution is -2.43. The van der Waals surface area contributed by atoms with Crippen molar-refractivity contribution in [2.75, 3.05) is 31.2 Å². The minimum absolute atomic E-state index is 0.182. The Morgan fingerprint density at radius 3 is 2.68 bits per heavy atom. The Labute approximate surface area is 203 Å². The Balaban J connectivity index is 1.18. The van der Waals surface area contributed by atoms with E-state index in [1.165, 1.54) is 6.07 Å². The lowest BCUT2D eigenvalue weighted by molar-refractivity contribution is 0.0755. The number of hydrogen-bond acceptors (Lipinski definition) is 7. The summed E-state index contributed by atoms with van der Waals surface area (Å²) >= 11 is 5.85. The summed E-state index contributed by atoms with van der Waals surface area (Å²) in [6, 6.07) is 11.7. The van der Waals surface area contributed by atoms with Gasteiger partial charge in [0.2, 0.25) is 0 Å². The van der Waals surface area contributed by atoms with E-state index in [0.717, 1.165) is 62.8 Å². The highest BCUT2D eigenvalue weighted by Gasteiger charge is 2.26. The fourth-order valence-electron chi connectivity index (χ4n) is 4.42. The molecule has 9 heteroatoms. The molecule has 3 aromatic rings. The van der Waals surface area contributed by atoms with Crippen LogP contribution in [-0.4, -0.2) is 52.9 Å². The largest absolute Gasteiger partial charge is 0.487 e. The van der Waals surface area contributed by atoms with E-state index in [1.54, 1.807) is 41.4 Å². The van der Waals surface area contributed by atoms with Crippen molar-refractivity contribution in [1.82, 2.24) is 19.9 Å². The van der Waals surface area contributed by atoms with Crippen molar-refractivity contribution in [2.24, 2.45) is 0 Å². The highest BCUT2D eigenvalue weighted by Crippen LogP contribution is 2.21. The van der Waals surface area contributed by atoms with Crippen LogP contribution in [0.5, 0.6) is 5.75 Å². The molecule has 2 saturated heterocycles. The second kappa shape index (κ2) is 10.5. The zero-order valence-electron chi connectivity index (χ0n) is 18.9. The van der Waals surface area contributed by atoms with Gasteiger partial charge in [0, 0.05) is 56.8 Å². The van der Waals surface area contributed by atoms with Crippen molar-refractivity contribution in [1.29, 1.82) is 0 Å². The number of pyridine rings is 3.